The van der Waals surface area contributed by atoms with Crippen LogP contribution in [0.4, 0.5) is 5.69 Å². The van der Waals surface area contributed by atoms with Crippen molar-refractivity contribution < 1.29 is 9.59 Å². The minimum atomic E-state index is -0.863. The van der Waals surface area contributed by atoms with Gasteiger partial charge in [-0.1, -0.05) is 66.7 Å². The normalized spacial score (nSPS) is 11.4. The summed E-state index contributed by atoms with van der Waals surface area (Å²) >= 11 is 0. The Kier molecular flexibility index (Phi) is 5.22. The number of anilines is 1. The molecule has 25 heavy (non-hydrogen) atoms. The predicted octanol–water partition coefficient (Wildman–Crippen LogP) is 3.74. The molecule has 3 rings (SSSR count). The minimum Gasteiger partial charge on any atom is -0.359 e. The Morgan fingerprint density at radius 1 is 0.640 bits per heavy atom. The van der Waals surface area contributed by atoms with Crippen molar-refractivity contribution in [3.63, 3.8) is 0 Å². The van der Waals surface area contributed by atoms with E-state index in [9.17, 15) is 9.59 Å². The molecule has 0 heterocycles. The zero-order valence-corrected chi connectivity index (χ0v) is 13.6. The van der Waals surface area contributed by atoms with Crippen LogP contribution in [0.2, 0.25) is 0 Å². The number of nitrogens with one attached hydrogen (secondary N) is 2. The molecule has 4 heteroatoms. The first-order valence-corrected chi connectivity index (χ1v) is 8.01. The lowest BCUT2D eigenvalue weighted by atomic mass is 10.1. The first-order chi connectivity index (χ1) is 12.2. The lowest BCUT2D eigenvalue weighted by Gasteiger charge is -2.20. The number of benzene rings is 3. The average molecular weight is 330 g/mol. The van der Waals surface area contributed by atoms with Crippen LogP contribution >= 0.6 is 0 Å². The third-order valence-corrected chi connectivity index (χ3v) is 3.72. The van der Waals surface area contributed by atoms with E-state index >= 15 is 0 Å². The largest absolute Gasteiger partial charge is 0.359 e. The van der Waals surface area contributed by atoms with Crippen LogP contribution in [-0.4, -0.2) is 17.9 Å². The summed E-state index contributed by atoms with van der Waals surface area (Å²) in [5, 5.41) is 5.88. The van der Waals surface area contributed by atoms with Crippen molar-refractivity contribution in [1.29, 1.82) is 0 Å². The van der Waals surface area contributed by atoms with Crippen molar-refractivity contribution >= 4 is 17.4 Å². The van der Waals surface area contributed by atoms with Crippen molar-refractivity contribution in [3.05, 3.63) is 102 Å². The fraction of sp³-hybridized carbons (Fsp3) is 0.0476. The van der Waals surface area contributed by atoms with Crippen molar-refractivity contribution in [2.45, 2.75) is 6.17 Å². The topological polar surface area (TPSA) is 58.2 Å². The fourth-order valence-corrected chi connectivity index (χ4v) is 2.44. The number of carbonyl (C=O) groups is 2. The maximum atomic E-state index is 12.8. The molecular weight excluding hydrogens is 312 g/mol. The van der Waals surface area contributed by atoms with E-state index in [1.54, 1.807) is 48.5 Å². The second kappa shape index (κ2) is 7.93. The summed E-state index contributed by atoms with van der Waals surface area (Å²) in [5.41, 5.74) is 1.79. The van der Waals surface area contributed by atoms with E-state index in [1.165, 1.54) is 0 Å². The first kappa shape index (κ1) is 16.5. The fourth-order valence-electron chi connectivity index (χ4n) is 2.44. The molecule has 0 radical (unpaired) electrons. The molecule has 0 bridgehead atoms. The van der Waals surface area contributed by atoms with Gasteiger partial charge < -0.3 is 10.6 Å². The Morgan fingerprint density at radius 2 is 1.12 bits per heavy atom. The smallest absolute Gasteiger partial charge is 0.253 e. The van der Waals surface area contributed by atoms with Gasteiger partial charge >= 0.3 is 0 Å². The van der Waals surface area contributed by atoms with Gasteiger partial charge in [-0.15, -0.1) is 0 Å². The molecule has 0 aliphatic heterocycles. The summed E-state index contributed by atoms with van der Waals surface area (Å²) in [5.74, 6) is -0.507. The summed E-state index contributed by atoms with van der Waals surface area (Å²) in [4.78, 5) is 25.3. The zero-order valence-electron chi connectivity index (χ0n) is 13.6. The Balaban J connectivity index is 1.83. The Labute approximate surface area is 146 Å². The maximum Gasteiger partial charge on any atom is 0.253 e. The zero-order chi connectivity index (χ0) is 17.5. The molecule has 0 spiro atoms. The molecule has 3 aromatic carbocycles. The Morgan fingerprint density at radius 3 is 1.68 bits per heavy atom. The van der Waals surface area contributed by atoms with Crippen LogP contribution in [0, 0.1) is 0 Å². The maximum absolute atomic E-state index is 12.8. The van der Waals surface area contributed by atoms with Gasteiger partial charge in [-0.2, -0.15) is 0 Å². The second-order valence-electron chi connectivity index (χ2n) is 5.51. The highest BCUT2D eigenvalue weighted by atomic mass is 16.2. The number of ketones is 1. The number of amides is 1. The van der Waals surface area contributed by atoms with Crippen LogP contribution in [0.25, 0.3) is 0 Å². The van der Waals surface area contributed by atoms with E-state index in [1.807, 2.05) is 42.5 Å². The van der Waals surface area contributed by atoms with E-state index in [0.29, 0.717) is 11.1 Å². The highest BCUT2D eigenvalue weighted by molar-refractivity contribution is 6.05. The molecule has 0 aliphatic carbocycles. The van der Waals surface area contributed by atoms with E-state index < -0.39 is 6.17 Å². The van der Waals surface area contributed by atoms with Gasteiger partial charge in [0.1, 0.15) is 0 Å². The van der Waals surface area contributed by atoms with Gasteiger partial charge in [0.05, 0.1) is 0 Å². The number of Topliss-reactive ketones (excluding diaryl/α,β-unsaturated/α-hetero) is 1. The lowest BCUT2D eigenvalue weighted by molar-refractivity contribution is 0.0869. The summed E-state index contributed by atoms with van der Waals surface area (Å²) in [6, 6.07) is 27.1. The van der Waals surface area contributed by atoms with Gasteiger partial charge in [0, 0.05) is 16.8 Å². The monoisotopic (exact) mass is 330 g/mol. The number of rotatable bonds is 6. The molecule has 124 valence electrons. The van der Waals surface area contributed by atoms with Crippen molar-refractivity contribution in [2.75, 3.05) is 5.32 Å². The molecular formula is C21H18N2O2. The molecule has 0 aliphatic rings. The minimum absolute atomic E-state index is 0.200. The molecule has 4 nitrogen and oxygen atoms in total. The van der Waals surface area contributed by atoms with Gasteiger partial charge in [0.25, 0.3) is 5.91 Å². The van der Waals surface area contributed by atoms with E-state index in [2.05, 4.69) is 10.6 Å². The SMILES string of the molecule is O=C(NC(Nc1ccccc1)C(=O)c1ccccc1)c1ccccc1. The van der Waals surface area contributed by atoms with E-state index in [0.717, 1.165) is 5.69 Å². The van der Waals surface area contributed by atoms with Crippen LogP contribution in [0.1, 0.15) is 20.7 Å². The molecule has 0 saturated heterocycles. The standard InChI is InChI=1S/C21H18N2O2/c24-19(16-10-4-1-5-11-16)20(22-18-14-8-3-9-15-18)23-21(25)17-12-6-2-7-13-17/h1-15,20,22H,(H,23,25). The van der Waals surface area contributed by atoms with Gasteiger partial charge in [0.15, 0.2) is 6.17 Å². The number of carbonyl (C=O) groups excluding carboxylic acids is 2. The third kappa shape index (κ3) is 4.32. The molecule has 3 aromatic rings. The third-order valence-electron chi connectivity index (χ3n) is 3.72. The average Bonchev–Trinajstić information content (AvgIpc) is 2.69. The molecule has 0 fully saturated rings. The number of hydrogen-bond acceptors (Lipinski definition) is 3. The highest BCUT2D eigenvalue weighted by Gasteiger charge is 2.22. The van der Waals surface area contributed by atoms with Crippen LogP contribution in [0.15, 0.2) is 91.0 Å². The van der Waals surface area contributed by atoms with Crippen LogP contribution in [-0.2, 0) is 0 Å². The van der Waals surface area contributed by atoms with E-state index in [4.69, 9.17) is 0 Å². The van der Waals surface area contributed by atoms with Crippen LogP contribution in [0.5, 0.6) is 0 Å². The molecule has 1 amide bonds. The first-order valence-electron chi connectivity index (χ1n) is 8.01. The molecule has 0 aromatic heterocycles. The highest BCUT2D eigenvalue weighted by Crippen LogP contribution is 2.11. The van der Waals surface area contributed by atoms with Gasteiger partial charge in [-0.05, 0) is 24.3 Å². The summed E-state index contributed by atoms with van der Waals surface area (Å²) in [6.45, 7) is 0. The van der Waals surface area contributed by atoms with Crippen molar-refractivity contribution in [3.8, 4) is 0 Å². The summed E-state index contributed by atoms with van der Waals surface area (Å²) in [6.07, 6.45) is -0.863. The van der Waals surface area contributed by atoms with E-state index in [-0.39, 0.29) is 11.7 Å². The molecule has 2 N–H and O–H groups in total. The lowest BCUT2D eigenvalue weighted by Crippen LogP contribution is -2.46. The van der Waals surface area contributed by atoms with Crippen molar-refractivity contribution in [1.82, 2.24) is 5.32 Å². The summed E-state index contributed by atoms with van der Waals surface area (Å²) in [7, 11) is 0. The Hall–Kier alpha value is -3.40. The molecule has 0 saturated carbocycles. The molecule has 1 atom stereocenters. The quantitative estimate of drug-likeness (QED) is 0.535. The summed E-state index contributed by atoms with van der Waals surface area (Å²) < 4.78 is 0. The number of hydrogen-bond donors (Lipinski definition) is 2. The second-order valence-corrected chi connectivity index (χ2v) is 5.51. The van der Waals surface area contributed by atoms with Gasteiger partial charge in [0.2, 0.25) is 5.78 Å². The van der Waals surface area contributed by atoms with Crippen LogP contribution < -0.4 is 10.6 Å². The van der Waals surface area contributed by atoms with Gasteiger partial charge in [-0.25, -0.2) is 0 Å². The predicted molar refractivity (Wildman–Crippen MR) is 98.5 cm³/mol. The van der Waals surface area contributed by atoms with Crippen LogP contribution in [0.3, 0.4) is 0 Å². The van der Waals surface area contributed by atoms with Crippen molar-refractivity contribution in [2.24, 2.45) is 0 Å². The molecule has 1 unspecified atom stereocenters. The number of para-hydroxylation sites is 1. The Bertz CT molecular complexity index is 834. The van der Waals surface area contributed by atoms with Gasteiger partial charge in [-0.3, -0.25) is 9.59 Å².